The molecular weight excluding hydrogens is 414 g/mol. The molecule has 2 aromatic rings. The standard InChI is InChI=1S/C11H6I2N2/c12-11(13)9-7(3-1-5-14-9)8-4-2-6-15-10(8)11/h1-6H. The maximum absolute atomic E-state index is 4.47. The summed E-state index contributed by atoms with van der Waals surface area (Å²) in [6.07, 6.45) is 3.69. The Morgan fingerprint density at radius 2 is 1.33 bits per heavy atom. The Hall–Kier alpha value is -0.240. The highest BCUT2D eigenvalue weighted by atomic mass is 127. The molecule has 0 radical (unpaired) electrons. The maximum Gasteiger partial charge on any atom is 0.158 e. The van der Waals surface area contributed by atoms with Crippen molar-refractivity contribution in [3.05, 3.63) is 48.0 Å². The number of hydrogen-bond acceptors (Lipinski definition) is 2. The van der Waals surface area contributed by atoms with E-state index in [1.54, 1.807) is 0 Å². The number of rotatable bonds is 0. The van der Waals surface area contributed by atoms with E-state index >= 15 is 0 Å². The molecule has 0 bridgehead atoms. The van der Waals surface area contributed by atoms with Crippen LogP contribution in [-0.4, -0.2) is 9.97 Å². The second-order valence-electron chi connectivity index (χ2n) is 3.37. The average molecular weight is 420 g/mol. The molecule has 15 heavy (non-hydrogen) atoms. The van der Waals surface area contributed by atoms with Gasteiger partial charge in [-0.15, -0.1) is 0 Å². The molecule has 3 rings (SSSR count). The number of fused-ring (bicyclic) bond motifs is 3. The molecular formula is C11H6I2N2. The summed E-state index contributed by atoms with van der Waals surface area (Å²) >= 11 is 4.82. The largest absolute Gasteiger partial charge is 0.258 e. The third kappa shape index (κ3) is 1.33. The van der Waals surface area contributed by atoms with E-state index in [9.17, 15) is 0 Å². The Labute approximate surface area is 115 Å². The van der Waals surface area contributed by atoms with Gasteiger partial charge in [0.2, 0.25) is 0 Å². The van der Waals surface area contributed by atoms with Gasteiger partial charge >= 0.3 is 0 Å². The third-order valence-electron chi connectivity index (χ3n) is 2.50. The highest BCUT2D eigenvalue weighted by Crippen LogP contribution is 2.54. The molecule has 1 aliphatic rings. The first-order valence-electron chi connectivity index (χ1n) is 4.50. The van der Waals surface area contributed by atoms with Crippen LogP contribution in [0.1, 0.15) is 11.4 Å². The summed E-state index contributed by atoms with van der Waals surface area (Å²) in [7, 11) is 0. The van der Waals surface area contributed by atoms with Crippen molar-refractivity contribution in [3.8, 4) is 11.1 Å². The fourth-order valence-electron chi connectivity index (χ4n) is 1.86. The predicted octanol–water partition coefficient (Wildman–Crippen LogP) is 3.53. The van der Waals surface area contributed by atoms with E-state index in [1.165, 1.54) is 11.1 Å². The first kappa shape index (κ1) is 9.95. The highest BCUT2D eigenvalue weighted by Gasteiger charge is 2.41. The van der Waals surface area contributed by atoms with E-state index in [-0.39, 0.29) is 1.43 Å². The van der Waals surface area contributed by atoms with Gasteiger partial charge in [0.05, 0.1) is 11.4 Å². The van der Waals surface area contributed by atoms with Crippen molar-refractivity contribution in [2.45, 2.75) is 1.43 Å². The Kier molecular flexibility index (Phi) is 2.24. The van der Waals surface area contributed by atoms with Gasteiger partial charge in [0.15, 0.2) is 1.43 Å². The zero-order chi connectivity index (χ0) is 10.5. The van der Waals surface area contributed by atoms with Crippen molar-refractivity contribution in [1.29, 1.82) is 0 Å². The molecule has 0 amide bonds. The monoisotopic (exact) mass is 420 g/mol. The number of aromatic nitrogens is 2. The second kappa shape index (κ2) is 3.38. The Morgan fingerprint density at radius 3 is 1.80 bits per heavy atom. The molecule has 0 aliphatic heterocycles. The van der Waals surface area contributed by atoms with E-state index in [1.807, 2.05) is 24.5 Å². The number of pyridine rings is 2. The molecule has 0 fully saturated rings. The molecule has 0 saturated heterocycles. The van der Waals surface area contributed by atoms with Crippen molar-refractivity contribution < 1.29 is 0 Å². The van der Waals surface area contributed by atoms with Gasteiger partial charge in [-0.1, -0.05) is 57.3 Å². The summed E-state index contributed by atoms with van der Waals surface area (Å²) in [5.41, 5.74) is 4.65. The van der Waals surface area contributed by atoms with Crippen molar-refractivity contribution >= 4 is 45.2 Å². The lowest BCUT2D eigenvalue weighted by Gasteiger charge is -2.13. The van der Waals surface area contributed by atoms with Crippen molar-refractivity contribution in [1.82, 2.24) is 9.97 Å². The van der Waals surface area contributed by atoms with Gasteiger partial charge in [0, 0.05) is 23.5 Å². The Balaban J connectivity index is 2.42. The van der Waals surface area contributed by atoms with Crippen LogP contribution in [0.4, 0.5) is 0 Å². The van der Waals surface area contributed by atoms with Crippen LogP contribution in [0, 0.1) is 0 Å². The van der Waals surface area contributed by atoms with Crippen LogP contribution in [0.2, 0.25) is 0 Å². The fraction of sp³-hybridized carbons (Fsp3) is 0.0909. The summed E-state index contributed by atoms with van der Waals surface area (Å²) in [6, 6.07) is 8.18. The first-order chi connectivity index (χ1) is 7.21. The molecule has 4 heteroatoms. The molecule has 0 spiro atoms. The van der Waals surface area contributed by atoms with Crippen LogP contribution in [-0.2, 0) is 1.43 Å². The van der Waals surface area contributed by atoms with E-state index < -0.39 is 0 Å². The van der Waals surface area contributed by atoms with Crippen LogP contribution in [0.3, 0.4) is 0 Å². The van der Waals surface area contributed by atoms with Crippen LogP contribution < -0.4 is 0 Å². The lowest BCUT2D eigenvalue weighted by Crippen LogP contribution is -2.09. The minimum Gasteiger partial charge on any atom is -0.258 e. The van der Waals surface area contributed by atoms with Gasteiger partial charge in [-0.25, -0.2) is 0 Å². The van der Waals surface area contributed by atoms with Crippen molar-refractivity contribution in [2.75, 3.05) is 0 Å². The van der Waals surface area contributed by atoms with E-state index in [0.29, 0.717) is 0 Å². The molecule has 0 atom stereocenters. The second-order valence-corrected chi connectivity index (χ2v) is 8.67. The van der Waals surface area contributed by atoms with Gasteiger partial charge in [-0.3, -0.25) is 9.97 Å². The molecule has 1 aliphatic carbocycles. The SMILES string of the molecule is IC1(I)c2ncccc2-c2cccnc21. The van der Waals surface area contributed by atoms with Crippen LogP contribution >= 0.6 is 45.2 Å². The van der Waals surface area contributed by atoms with Gasteiger partial charge in [0.1, 0.15) is 0 Å². The Morgan fingerprint density at radius 1 is 0.867 bits per heavy atom. The minimum atomic E-state index is -0.122. The summed E-state index contributed by atoms with van der Waals surface area (Å²) in [5, 5.41) is 0. The van der Waals surface area contributed by atoms with Crippen molar-refractivity contribution in [3.63, 3.8) is 0 Å². The number of nitrogens with zero attached hydrogens (tertiary/aromatic N) is 2. The molecule has 0 saturated carbocycles. The quantitative estimate of drug-likeness (QED) is 0.482. The van der Waals surface area contributed by atoms with Gasteiger partial charge < -0.3 is 0 Å². The lowest BCUT2D eigenvalue weighted by atomic mass is 10.1. The molecule has 0 aromatic carbocycles. The van der Waals surface area contributed by atoms with E-state index in [0.717, 1.165) is 11.4 Å². The van der Waals surface area contributed by atoms with E-state index in [4.69, 9.17) is 0 Å². The van der Waals surface area contributed by atoms with Crippen LogP contribution in [0.25, 0.3) is 11.1 Å². The third-order valence-corrected chi connectivity index (χ3v) is 4.54. The highest BCUT2D eigenvalue weighted by molar-refractivity contribution is 14.2. The zero-order valence-corrected chi connectivity index (χ0v) is 11.9. The predicted molar refractivity (Wildman–Crippen MR) is 76.3 cm³/mol. The molecule has 74 valence electrons. The molecule has 0 unspecified atom stereocenters. The number of alkyl halides is 2. The zero-order valence-electron chi connectivity index (χ0n) is 7.61. The molecule has 0 N–H and O–H groups in total. The summed E-state index contributed by atoms with van der Waals surface area (Å²) in [5.74, 6) is 0. The lowest BCUT2D eigenvalue weighted by molar-refractivity contribution is 1.04. The summed E-state index contributed by atoms with van der Waals surface area (Å²) in [6.45, 7) is 0. The summed E-state index contributed by atoms with van der Waals surface area (Å²) in [4.78, 5) is 8.94. The first-order valence-corrected chi connectivity index (χ1v) is 6.66. The fourth-order valence-corrected chi connectivity index (χ4v) is 3.58. The molecule has 2 aromatic heterocycles. The number of halogens is 2. The van der Waals surface area contributed by atoms with Gasteiger partial charge in [-0.05, 0) is 12.1 Å². The average Bonchev–Trinajstić information content (AvgIpc) is 2.51. The van der Waals surface area contributed by atoms with Gasteiger partial charge in [0.25, 0.3) is 0 Å². The minimum absolute atomic E-state index is 0.122. The number of hydrogen-bond donors (Lipinski definition) is 0. The smallest absolute Gasteiger partial charge is 0.158 e. The normalized spacial score (nSPS) is 15.9. The maximum atomic E-state index is 4.47. The van der Waals surface area contributed by atoms with Crippen LogP contribution in [0.5, 0.6) is 0 Å². The Bertz CT molecular complexity index is 490. The topological polar surface area (TPSA) is 25.8 Å². The molecule has 2 nitrogen and oxygen atoms in total. The van der Waals surface area contributed by atoms with Crippen LogP contribution in [0.15, 0.2) is 36.7 Å². The molecule has 2 heterocycles. The van der Waals surface area contributed by atoms with Gasteiger partial charge in [-0.2, -0.15) is 0 Å². The van der Waals surface area contributed by atoms with Crippen molar-refractivity contribution in [2.24, 2.45) is 0 Å². The summed E-state index contributed by atoms with van der Waals surface area (Å²) < 4.78 is -0.122. The van der Waals surface area contributed by atoms with E-state index in [2.05, 4.69) is 67.3 Å².